The van der Waals surface area contributed by atoms with Crippen LogP contribution in [0.25, 0.3) is 11.0 Å². The summed E-state index contributed by atoms with van der Waals surface area (Å²) in [7, 11) is 0. The zero-order chi connectivity index (χ0) is 18.0. The predicted octanol–water partition coefficient (Wildman–Crippen LogP) is 3.39. The molecule has 0 bridgehead atoms. The molecule has 2 N–H and O–H groups in total. The molecule has 1 aromatic carbocycles. The minimum absolute atomic E-state index is 0.103. The normalized spacial score (nSPS) is 22.6. The van der Waals surface area contributed by atoms with Crippen molar-refractivity contribution in [1.29, 1.82) is 0 Å². The van der Waals surface area contributed by atoms with Crippen molar-refractivity contribution in [3.63, 3.8) is 0 Å². The maximum atomic E-state index is 14.2. The largest absolute Gasteiger partial charge is 0.326 e. The zero-order valence-electron chi connectivity index (χ0n) is 13.9. The standard InChI is InChI=1S/C19H17F3N4/c20-12-5-14(22)13(21)3-10(12)11-4-19-25-17-7-24-16(9-1-2-9)6-18(17)26(19)8-15(11)23/h3,5-7,9,11,15H,1-2,4,8,23H2/t11-,15+/m0/s1. The first-order chi connectivity index (χ1) is 12.5. The van der Waals surface area contributed by atoms with E-state index in [0.717, 1.165) is 41.5 Å². The van der Waals surface area contributed by atoms with Crippen molar-refractivity contribution in [2.24, 2.45) is 5.73 Å². The van der Waals surface area contributed by atoms with Crippen LogP contribution >= 0.6 is 0 Å². The molecular weight excluding hydrogens is 341 g/mol. The highest BCUT2D eigenvalue weighted by molar-refractivity contribution is 5.76. The molecule has 3 aromatic rings. The zero-order valence-corrected chi connectivity index (χ0v) is 13.9. The van der Waals surface area contributed by atoms with E-state index in [4.69, 9.17) is 5.73 Å². The van der Waals surface area contributed by atoms with E-state index in [1.807, 2.05) is 4.57 Å². The number of halogens is 3. The first kappa shape index (κ1) is 15.8. The fourth-order valence-corrected chi connectivity index (χ4v) is 3.90. The van der Waals surface area contributed by atoms with Gasteiger partial charge in [-0.3, -0.25) is 4.98 Å². The van der Waals surface area contributed by atoms with E-state index in [2.05, 4.69) is 16.0 Å². The van der Waals surface area contributed by atoms with Gasteiger partial charge in [-0.15, -0.1) is 0 Å². The lowest BCUT2D eigenvalue weighted by atomic mass is 9.86. The third-order valence-electron chi connectivity index (χ3n) is 5.48. The first-order valence-corrected chi connectivity index (χ1v) is 8.76. The number of nitrogens with two attached hydrogens (primary N) is 1. The molecule has 26 heavy (non-hydrogen) atoms. The van der Waals surface area contributed by atoms with Crippen LogP contribution in [0.5, 0.6) is 0 Å². The van der Waals surface area contributed by atoms with Gasteiger partial charge in [0.15, 0.2) is 11.6 Å². The van der Waals surface area contributed by atoms with Crippen LogP contribution in [-0.2, 0) is 13.0 Å². The SMILES string of the molecule is N[C@@H]1Cn2c(nc3cnc(C4CC4)cc32)C[C@H]1c1cc(F)c(F)cc1F. The van der Waals surface area contributed by atoms with Crippen LogP contribution in [0.1, 0.15) is 41.8 Å². The summed E-state index contributed by atoms with van der Waals surface area (Å²) in [4.78, 5) is 9.09. The summed E-state index contributed by atoms with van der Waals surface area (Å²) in [5.74, 6) is -2.18. The van der Waals surface area contributed by atoms with E-state index in [0.29, 0.717) is 24.9 Å². The smallest absolute Gasteiger partial charge is 0.161 e. The molecule has 2 aromatic heterocycles. The number of hydrogen-bond donors (Lipinski definition) is 1. The Morgan fingerprint density at radius 2 is 1.81 bits per heavy atom. The Morgan fingerprint density at radius 1 is 1.04 bits per heavy atom. The summed E-state index contributed by atoms with van der Waals surface area (Å²) in [6.45, 7) is 0.447. The Labute approximate surface area is 147 Å². The number of fused-ring (bicyclic) bond motifs is 3. The molecule has 1 fully saturated rings. The minimum atomic E-state index is -1.19. The summed E-state index contributed by atoms with van der Waals surface area (Å²) in [5, 5.41) is 0. The molecule has 5 rings (SSSR count). The number of nitrogens with zero attached hydrogens (tertiary/aromatic N) is 3. The molecule has 4 nitrogen and oxygen atoms in total. The Hall–Kier alpha value is -2.41. The summed E-state index contributed by atoms with van der Waals surface area (Å²) < 4.78 is 43.1. The predicted molar refractivity (Wildman–Crippen MR) is 90.2 cm³/mol. The van der Waals surface area contributed by atoms with Crippen molar-refractivity contribution < 1.29 is 13.2 Å². The highest BCUT2D eigenvalue weighted by Gasteiger charge is 2.33. The van der Waals surface area contributed by atoms with Crippen molar-refractivity contribution in [3.8, 4) is 0 Å². The maximum Gasteiger partial charge on any atom is 0.161 e. The van der Waals surface area contributed by atoms with Crippen LogP contribution in [0.2, 0.25) is 0 Å². The summed E-state index contributed by atoms with van der Waals surface area (Å²) in [6.07, 6.45) is 4.47. The molecule has 0 radical (unpaired) electrons. The Balaban J connectivity index is 1.56. The van der Waals surface area contributed by atoms with Crippen molar-refractivity contribution in [2.45, 2.75) is 43.7 Å². The van der Waals surface area contributed by atoms with E-state index in [1.165, 1.54) is 0 Å². The molecule has 2 atom stereocenters. The van der Waals surface area contributed by atoms with E-state index in [-0.39, 0.29) is 5.56 Å². The Bertz CT molecular complexity index is 1030. The van der Waals surface area contributed by atoms with Crippen molar-refractivity contribution in [3.05, 3.63) is 58.9 Å². The quantitative estimate of drug-likeness (QED) is 0.715. The second-order valence-corrected chi connectivity index (χ2v) is 7.27. The number of pyridine rings is 1. The monoisotopic (exact) mass is 358 g/mol. The van der Waals surface area contributed by atoms with E-state index in [1.54, 1.807) is 6.20 Å². The highest BCUT2D eigenvalue weighted by Crippen LogP contribution is 2.40. The number of imidazole rings is 1. The molecule has 134 valence electrons. The van der Waals surface area contributed by atoms with Gasteiger partial charge in [0.2, 0.25) is 0 Å². The second kappa shape index (κ2) is 5.54. The summed E-state index contributed by atoms with van der Waals surface area (Å²) in [6, 6.07) is 3.15. The van der Waals surface area contributed by atoms with Crippen LogP contribution in [0.3, 0.4) is 0 Å². The maximum absolute atomic E-state index is 14.2. The molecule has 2 aliphatic rings. The molecule has 0 unspecified atom stereocenters. The average Bonchev–Trinajstić information content (AvgIpc) is 3.40. The van der Waals surface area contributed by atoms with E-state index in [9.17, 15) is 13.2 Å². The summed E-state index contributed by atoms with van der Waals surface area (Å²) >= 11 is 0. The van der Waals surface area contributed by atoms with Gasteiger partial charge in [-0.05, 0) is 30.5 Å². The highest BCUT2D eigenvalue weighted by atomic mass is 19.2. The lowest BCUT2D eigenvalue weighted by molar-refractivity contribution is 0.391. The molecule has 1 aliphatic heterocycles. The van der Waals surface area contributed by atoms with Crippen molar-refractivity contribution in [1.82, 2.24) is 14.5 Å². The number of hydrogen-bond acceptors (Lipinski definition) is 3. The van der Waals surface area contributed by atoms with E-state index >= 15 is 0 Å². The Morgan fingerprint density at radius 3 is 2.58 bits per heavy atom. The van der Waals surface area contributed by atoms with Gasteiger partial charge < -0.3 is 10.3 Å². The molecule has 0 amide bonds. The second-order valence-electron chi connectivity index (χ2n) is 7.27. The molecule has 1 aliphatic carbocycles. The fourth-order valence-electron chi connectivity index (χ4n) is 3.90. The van der Waals surface area contributed by atoms with Gasteiger partial charge in [0.05, 0.1) is 11.7 Å². The lowest BCUT2D eigenvalue weighted by Gasteiger charge is -2.30. The van der Waals surface area contributed by atoms with Crippen molar-refractivity contribution >= 4 is 11.0 Å². The van der Waals surface area contributed by atoms with Gasteiger partial charge in [-0.25, -0.2) is 18.2 Å². The minimum Gasteiger partial charge on any atom is -0.326 e. The fraction of sp³-hybridized carbons (Fsp3) is 0.368. The first-order valence-electron chi connectivity index (χ1n) is 8.76. The molecular formula is C19H17F3N4. The third kappa shape index (κ3) is 2.41. The van der Waals surface area contributed by atoms with Crippen LogP contribution in [0, 0.1) is 17.5 Å². The van der Waals surface area contributed by atoms with Gasteiger partial charge in [0.25, 0.3) is 0 Å². The molecule has 0 saturated heterocycles. The topological polar surface area (TPSA) is 56.7 Å². The lowest BCUT2D eigenvalue weighted by Crippen LogP contribution is -2.39. The average molecular weight is 358 g/mol. The number of benzene rings is 1. The molecule has 3 heterocycles. The van der Waals surface area contributed by atoms with Crippen LogP contribution in [0.15, 0.2) is 24.4 Å². The Kier molecular flexibility index (Phi) is 3.37. The van der Waals surface area contributed by atoms with Crippen LogP contribution < -0.4 is 5.73 Å². The van der Waals surface area contributed by atoms with Gasteiger partial charge in [0, 0.05) is 42.6 Å². The summed E-state index contributed by atoms with van der Waals surface area (Å²) in [5.41, 5.74) is 9.23. The van der Waals surface area contributed by atoms with Crippen LogP contribution in [-0.4, -0.2) is 20.6 Å². The molecule has 0 spiro atoms. The van der Waals surface area contributed by atoms with Gasteiger partial charge in [-0.1, -0.05) is 0 Å². The van der Waals surface area contributed by atoms with Crippen molar-refractivity contribution in [2.75, 3.05) is 0 Å². The third-order valence-corrected chi connectivity index (χ3v) is 5.48. The van der Waals surface area contributed by atoms with E-state index < -0.39 is 29.4 Å². The van der Waals surface area contributed by atoms with Crippen LogP contribution in [0.4, 0.5) is 13.2 Å². The molecule has 1 saturated carbocycles. The number of aromatic nitrogens is 3. The molecule has 7 heteroatoms. The van der Waals surface area contributed by atoms with Gasteiger partial charge in [-0.2, -0.15) is 0 Å². The van der Waals surface area contributed by atoms with Gasteiger partial charge >= 0.3 is 0 Å². The number of rotatable bonds is 2. The van der Waals surface area contributed by atoms with Gasteiger partial charge in [0.1, 0.15) is 17.2 Å².